The number of hydrogen-bond donors (Lipinski definition) is 0. The van der Waals surface area contributed by atoms with Crippen LogP contribution in [0.25, 0.3) is 110 Å². The molecule has 2 aromatic heterocycles. The van der Waals surface area contributed by atoms with Crippen LogP contribution in [0.1, 0.15) is 5.56 Å². The van der Waals surface area contributed by atoms with Crippen molar-refractivity contribution in [1.29, 1.82) is 5.26 Å². The molecule has 0 fully saturated rings. The SMILES string of the molecule is N#Cc1cc(-c2ccc(-c3cccc4c3sc3ccccc34)cc2)cc(-c2ccc(-c3ccc(-c4nc(-c5ccccc5)nc(-c5ccccc5)n4)cc3)c3ccccc23)c1. The van der Waals surface area contributed by atoms with Gasteiger partial charge in [-0.25, -0.2) is 15.0 Å². The van der Waals surface area contributed by atoms with E-state index in [0.717, 1.165) is 60.8 Å². The molecule has 2 heterocycles. The molecule has 0 spiro atoms. The standard InChI is InChI=1S/C56H34N4S/c57-35-36-32-43(37-22-24-39(25-23-37)47-19-11-20-51-50-18-9-10-21-52(50)61-53(47)51)34-44(33-36)46-31-30-45(48-16-7-8-17-49(46)48)38-26-28-42(29-27-38)56-59-54(40-12-3-1-4-13-40)58-55(60-56)41-14-5-2-6-15-41/h1-34H. The van der Waals surface area contributed by atoms with Gasteiger partial charge in [-0.2, -0.15) is 5.26 Å². The lowest BCUT2D eigenvalue weighted by Gasteiger charge is -2.14. The molecular formula is C56H34N4S. The summed E-state index contributed by atoms with van der Waals surface area (Å²) in [7, 11) is 0. The topological polar surface area (TPSA) is 62.5 Å². The van der Waals surface area contributed by atoms with Crippen molar-refractivity contribution in [3.8, 4) is 84.7 Å². The molecule has 9 aromatic carbocycles. The molecule has 0 N–H and O–H groups in total. The first kappa shape index (κ1) is 36.1. The Labute approximate surface area is 357 Å². The molecule has 11 rings (SSSR count). The van der Waals surface area contributed by atoms with Crippen LogP contribution < -0.4 is 0 Å². The first-order valence-electron chi connectivity index (χ1n) is 20.2. The van der Waals surface area contributed by atoms with Crippen LogP contribution in [0.15, 0.2) is 206 Å². The number of benzene rings is 9. The van der Waals surface area contributed by atoms with Crippen molar-refractivity contribution in [3.05, 3.63) is 212 Å². The summed E-state index contributed by atoms with van der Waals surface area (Å²) < 4.78 is 2.60. The first-order valence-corrected chi connectivity index (χ1v) is 21.0. The highest BCUT2D eigenvalue weighted by molar-refractivity contribution is 7.26. The van der Waals surface area contributed by atoms with Gasteiger partial charge in [0.05, 0.1) is 11.6 Å². The Hall–Kier alpha value is -8.04. The fourth-order valence-electron chi connectivity index (χ4n) is 8.37. The summed E-state index contributed by atoms with van der Waals surface area (Å²) in [6, 6.07) is 74.0. The van der Waals surface area contributed by atoms with Crippen molar-refractivity contribution in [2.24, 2.45) is 0 Å². The zero-order valence-corrected chi connectivity index (χ0v) is 33.6. The molecule has 11 aromatic rings. The molecule has 0 amide bonds. The van der Waals surface area contributed by atoms with Gasteiger partial charge in [0.25, 0.3) is 0 Å². The number of nitrogens with zero attached hydrogens (tertiary/aromatic N) is 4. The second kappa shape index (κ2) is 15.3. The van der Waals surface area contributed by atoms with Crippen LogP contribution in [0.3, 0.4) is 0 Å². The smallest absolute Gasteiger partial charge is 0.164 e. The Bertz CT molecular complexity index is 3400. The maximum atomic E-state index is 10.2. The summed E-state index contributed by atoms with van der Waals surface area (Å²) in [4.78, 5) is 14.7. The minimum atomic E-state index is 0.621. The molecule has 0 unspecified atom stereocenters. The fourth-order valence-corrected chi connectivity index (χ4v) is 9.61. The van der Waals surface area contributed by atoms with Crippen LogP contribution in [0, 0.1) is 11.3 Å². The van der Waals surface area contributed by atoms with E-state index in [4.69, 9.17) is 15.0 Å². The van der Waals surface area contributed by atoms with Crippen LogP contribution in [-0.2, 0) is 0 Å². The lowest BCUT2D eigenvalue weighted by Crippen LogP contribution is -2.00. The molecule has 4 nitrogen and oxygen atoms in total. The monoisotopic (exact) mass is 794 g/mol. The summed E-state index contributed by atoms with van der Waals surface area (Å²) in [6.07, 6.45) is 0. The summed E-state index contributed by atoms with van der Waals surface area (Å²) in [5, 5.41) is 15.1. The highest BCUT2D eigenvalue weighted by Crippen LogP contribution is 2.41. The molecule has 0 saturated heterocycles. The van der Waals surface area contributed by atoms with Crippen molar-refractivity contribution < 1.29 is 0 Å². The molecule has 0 aliphatic rings. The minimum absolute atomic E-state index is 0.621. The molecule has 0 bridgehead atoms. The maximum Gasteiger partial charge on any atom is 0.164 e. The summed E-state index contributed by atoms with van der Waals surface area (Å²) in [5.41, 5.74) is 12.2. The van der Waals surface area contributed by atoms with Crippen LogP contribution in [0.2, 0.25) is 0 Å². The number of thiophene rings is 1. The predicted octanol–water partition coefficient (Wildman–Crippen LogP) is 14.9. The second-order valence-electron chi connectivity index (χ2n) is 15.1. The van der Waals surface area contributed by atoms with Crippen molar-refractivity contribution in [1.82, 2.24) is 15.0 Å². The molecule has 0 saturated carbocycles. The van der Waals surface area contributed by atoms with E-state index in [2.05, 4.69) is 140 Å². The Kier molecular flexibility index (Phi) is 9.04. The predicted molar refractivity (Wildman–Crippen MR) is 253 cm³/mol. The van der Waals surface area contributed by atoms with Gasteiger partial charge in [0.2, 0.25) is 0 Å². The average molecular weight is 795 g/mol. The lowest BCUT2D eigenvalue weighted by atomic mass is 9.89. The van der Waals surface area contributed by atoms with E-state index in [-0.39, 0.29) is 0 Å². The second-order valence-corrected chi connectivity index (χ2v) is 16.1. The molecule has 0 aliphatic heterocycles. The van der Waals surface area contributed by atoms with E-state index in [0.29, 0.717) is 23.0 Å². The van der Waals surface area contributed by atoms with Gasteiger partial charge in [0.1, 0.15) is 0 Å². The zero-order valence-electron chi connectivity index (χ0n) is 32.8. The van der Waals surface area contributed by atoms with Gasteiger partial charge in [0.15, 0.2) is 17.5 Å². The van der Waals surface area contributed by atoms with Crippen LogP contribution in [-0.4, -0.2) is 15.0 Å². The summed E-state index contributed by atoms with van der Waals surface area (Å²) in [5.74, 6) is 1.89. The normalized spacial score (nSPS) is 11.3. The third-order valence-corrected chi connectivity index (χ3v) is 12.6. The van der Waals surface area contributed by atoms with E-state index >= 15 is 0 Å². The van der Waals surface area contributed by atoms with Crippen molar-refractivity contribution in [2.75, 3.05) is 0 Å². The van der Waals surface area contributed by atoms with E-state index in [1.807, 2.05) is 84.1 Å². The van der Waals surface area contributed by atoms with Crippen LogP contribution >= 0.6 is 11.3 Å². The third-order valence-electron chi connectivity index (χ3n) is 11.4. The Morgan fingerprint density at radius 1 is 0.328 bits per heavy atom. The molecule has 0 aliphatic carbocycles. The quantitative estimate of drug-likeness (QED) is 0.161. The average Bonchev–Trinajstić information content (AvgIpc) is 3.73. The van der Waals surface area contributed by atoms with Gasteiger partial charge < -0.3 is 0 Å². The third kappa shape index (κ3) is 6.72. The number of nitriles is 1. The molecule has 284 valence electrons. The summed E-state index contributed by atoms with van der Waals surface area (Å²) >= 11 is 1.84. The molecule has 0 radical (unpaired) electrons. The van der Waals surface area contributed by atoms with E-state index < -0.39 is 0 Å². The Morgan fingerprint density at radius 3 is 1.39 bits per heavy atom. The van der Waals surface area contributed by atoms with E-state index in [1.54, 1.807) is 0 Å². The van der Waals surface area contributed by atoms with Crippen LogP contribution in [0.5, 0.6) is 0 Å². The molecular weight excluding hydrogens is 761 g/mol. The van der Waals surface area contributed by atoms with Gasteiger partial charge in [-0.3, -0.25) is 0 Å². The van der Waals surface area contributed by atoms with Crippen molar-refractivity contribution in [3.63, 3.8) is 0 Å². The number of aromatic nitrogens is 3. The van der Waals surface area contributed by atoms with Gasteiger partial charge in [-0.05, 0) is 79.5 Å². The number of hydrogen-bond acceptors (Lipinski definition) is 5. The number of rotatable bonds is 7. The molecule has 0 atom stereocenters. The minimum Gasteiger partial charge on any atom is -0.208 e. The van der Waals surface area contributed by atoms with E-state index in [9.17, 15) is 5.26 Å². The van der Waals surface area contributed by atoms with Crippen LogP contribution in [0.4, 0.5) is 0 Å². The van der Waals surface area contributed by atoms with Crippen molar-refractivity contribution in [2.45, 2.75) is 0 Å². The highest BCUT2D eigenvalue weighted by atomic mass is 32.1. The molecule has 61 heavy (non-hydrogen) atoms. The lowest BCUT2D eigenvalue weighted by molar-refractivity contribution is 1.07. The van der Waals surface area contributed by atoms with Crippen molar-refractivity contribution >= 4 is 42.3 Å². The maximum absolute atomic E-state index is 10.2. The highest BCUT2D eigenvalue weighted by Gasteiger charge is 2.16. The zero-order chi connectivity index (χ0) is 40.7. The fraction of sp³-hybridized carbons (Fsp3) is 0. The van der Waals surface area contributed by atoms with Gasteiger partial charge in [-0.15, -0.1) is 11.3 Å². The Balaban J connectivity index is 0.936. The Morgan fingerprint density at radius 2 is 0.787 bits per heavy atom. The van der Waals surface area contributed by atoms with Gasteiger partial charge >= 0.3 is 0 Å². The summed E-state index contributed by atoms with van der Waals surface area (Å²) in [6.45, 7) is 0. The molecule has 5 heteroatoms. The van der Waals surface area contributed by atoms with Gasteiger partial charge in [0, 0.05) is 36.9 Å². The number of fused-ring (bicyclic) bond motifs is 4. The van der Waals surface area contributed by atoms with Gasteiger partial charge in [-0.1, -0.05) is 182 Å². The van der Waals surface area contributed by atoms with E-state index in [1.165, 1.54) is 31.3 Å². The first-order chi connectivity index (χ1) is 30.2. The largest absolute Gasteiger partial charge is 0.208 e.